The van der Waals surface area contributed by atoms with Gasteiger partial charge in [0.15, 0.2) is 0 Å². The van der Waals surface area contributed by atoms with Crippen molar-refractivity contribution in [1.29, 1.82) is 0 Å². The Morgan fingerprint density at radius 1 is 1.36 bits per heavy atom. The van der Waals surface area contributed by atoms with Crippen molar-refractivity contribution in [2.24, 2.45) is 0 Å². The van der Waals surface area contributed by atoms with E-state index in [1.54, 1.807) is 0 Å². The van der Waals surface area contributed by atoms with E-state index >= 15 is 0 Å². The van der Waals surface area contributed by atoms with Crippen LogP contribution in [0.2, 0.25) is 0 Å². The third kappa shape index (κ3) is 8.33. The molecule has 1 N–H and O–H groups in total. The van der Waals surface area contributed by atoms with Gasteiger partial charge in [0.05, 0.1) is 18.9 Å². The number of aliphatic hydroxyl groups is 1. The zero-order valence-electron chi connectivity index (χ0n) is 7.99. The molecule has 7 heteroatoms. The molecule has 14 heavy (non-hydrogen) atoms. The number of hydrogen-bond acceptors (Lipinski definition) is 4. The Bertz CT molecular complexity index is 243. The lowest BCUT2D eigenvalue weighted by molar-refractivity contribution is 0.0815. The second-order valence-electron chi connectivity index (χ2n) is 3.05. The van der Waals surface area contributed by atoms with Gasteiger partial charge in [0.1, 0.15) is 9.84 Å². The van der Waals surface area contributed by atoms with E-state index in [9.17, 15) is 17.2 Å². The number of halogens is 2. The van der Waals surface area contributed by atoms with Crippen molar-refractivity contribution in [3.05, 3.63) is 0 Å². The number of aliphatic hydroxyl groups excluding tert-OH is 1. The van der Waals surface area contributed by atoms with Gasteiger partial charge in [-0.25, -0.2) is 17.2 Å². The molecular weight excluding hydrogens is 216 g/mol. The molecule has 0 heterocycles. The third-order valence-corrected chi connectivity index (χ3v) is 2.51. The molecule has 0 aliphatic carbocycles. The van der Waals surface area contributed by atoms with E-state index in [1.165, 1.54) is 4.90 Å². The fourth-order valence-electron chi connectivity index (χ4n) is 0.926. The number of alkyl halides is 2. The molecule has 0 unspecified atom stereocenters. The number of rotatable bonds is 7. The van der Waals surface area contributed by atoms with Gasteiger partial charge in [-0.3, -0.25) is 4.90 Å². The summed E-state index contributed by atoms with van der Waals surface area (Å²) in [6.45, 7) is -0.657. The van der Waals surface area contributed by atoms with Gasteiger partial charge in [0.25, 0.3) is 6.43 Å². The van der Waals surface area contributed by atoms with E-state index in [1.807, 2.05) is 0 Å². The van der Waals surface area contributed by atoms with E-state index < -0.39 is 22.8 Å². The minimum Gasteiger partial charge on any atom is -0.395 e. The predicted molar refractivity (Wildman–Crippen MR) is 49.2 cm³/mol. The van der Waals surface area contributed by atoms with Gasteiger partial charge < -0.3 is 5.11 Å². The molecule has 0 aromatic heterocycles. The normalized spacial score (nSPS) is 12.7. The smallest absolute Gasteiger partial charge is 0.251 e. The monoisotopic (exact) mass is 231 g/mol. The van der Waals surface area contributed by atoms with Crippen LogP contribution in [0.3, 0.4) is 0 Å². The van der Waals surface area contributed by atoms with E-state index in [0.29, 0.717) is 0 Å². The second kappa shape index (κ2) is 6.26. The van der Waals surface area contributed by atoms with Gasteiger partial charge in [-0.15, -0.1) is 0 Å². The first-order valence-electron chi connectivity index (χ1n) is 4.14. The average Bonchev–Trinajstić information content (AvgIpc) is 1.98. The minimum atomic E-state index is -3.14. The molecule has 0 rings (SSSR count). The summed E-state index contributed by atoms with van der Waals surface area (Å²) in [6.07, 6.45) is -1.46. The number of sulfone groups is 1. The van der Waals surface area contributed by atoms with Crippen LogP contribution in [-0.4, -0.2) is 63.1 Å². The highest BCUT2D eigenvalue weighted by Gasteiger charge is 2.13. The fraction of sp³-hybridized carbons (Fsp3) is 1.00. The van der Waals surface area contributed by atoms with Crippen molar-refractivity contribution < 1.29 is 22.3 Å². The zero-order valence-corrected chi connectivity index (χ0v) is 8.80. The Morgan fingerprint density at radius 2 is 1.93 bits per heavy atom. The summed E-state index contributed by atoms with van der Waals surface area (Å²) in [7, 11) is -3.14. The summed E-state index contributed by atoms with van der Waals surface area (Å²) < 4.78 is 45.4. The molecule has 0 bridgehead atoms. The van der Waals surface area contributed by atoms with E-state index in [2.05, 4.69) is 0 Å². The lowest BCUT2D eigenvalue weighted by Gasteiger charge is -2.19. The second-order valence-corrected chi connectivity index (χ2v) is 5.30. The van der Waals surface area contributed by atoms with Crippen LogP contribution in [0, 0.1) is 0 Å². The van der Waals surface area contributed by atoms with Crippen LogP contribution in [0.5, 0.6) is 0 Å². The number of nitrogens with zero attached hydrogens (tertiary/aromatic N) is 1. The summed E-state index contributed by atoms with van der Waals surface area (Å²) in [5.41, 5.74) is 0. The Kier molecular flexibility index (Phi) is 6.14. The largest absolute Gasteiger partial charge is 0.395 e. The quantitative estimate of drug-likeness (QED) is 0.647. The topological polar surface area (TPSA) is 57.6 Å². The molecule has 86 valence electrons. The van der Waals surface area contributed by atoms with E-state index in [4.69, 9.17) is 5.11 Å². The molecule has 0 aromatic carbocycles. The van der Waals surface area contributed by atoms with Crippen LogP contribution < -0.4 is 0 Å². The van der Waals surface area contributed by atoms with Crippen LogP contribution >= 0.6 is 0 Å². The molecule has 0 atom stereocenters. The lowest BCUT2D eigenvalue weighted by Crippen LogP contribution is -2.35. The van der Waals surface area contributed by atoms with Gasteiger partial charge in [-0.05, 0) is 0 Å². The summed E-state index contributed by atoms with van der Waals surface area (Å²) in [6, 6.07) is 0. The number of hydrogen-bond donors (Lipinski definition) is 1. The van der Waals surface area contributed by atoms with Crippen molar-refractivity contribution in [2.45, 2.75) is 6.43 Å². The molecule has 0 fully saturated rings. The highest BCUT2D eigenvalue weighted by Crippen LogP contribution is 1.98. The standard InChI is InChI=1S/C7H15F2NO3S/c1-14(12,13)5-3-10(2-4-11)6-7(8)9/h7,11H,2-6H2,1H3. The molecule has 4 nitrogen and oxygen atoms in total. The third-order valence-electron chi connectivity index (χ3n) is 1.59. The summed E-state index contributed by atoms with van der Waals surface area (Å²) in [5, 5.41) is 8.54. The van der Waals surface area contributed by atoms with Crippen LogP contribution in [0.4, 0.5) is 8.78 Å². The molecule has 0 saturated heterocycles. The van der Waals surface area contributed by atoms with Crippen LogP contribution in [0.25, 0.3) is 0 Å². The van der Waals surface area contributed by atoms with Gasteiger partial charge in [-0.2, -0.15) is 0 Å². The van der Waals surface area contributed by atoms with Gasteiger partial charge in [-0.1, -0.05) is 0 Å². The Hall–Kier alpha value is -0.270. The summed E-state index contributed by atoms with van der Waals surface area (Å²) in [4.78, 5) is 1.23. The first kappa shape index (κ1) is 13.7. The summed E-state index contributed by atoms with van der Waals surface area (Å²) in [5.74, 6) is -0.167. The van der Waals surface area contributed by atoms with Crippen LogP contribution in [-0.2, 0) is 9.84 Å². The Morgan fingerprint density at radius 3 is 2.29 bits per heavy atom. The molecule has 0 aliphatic rings. The van der Waals surface area contributed by atoms with Crippen molar-refractivity contribution in [2.75, 3.05) is 38.2 Å². The maximum Gasteiger partial charge on any atom is 0.251 e. The summed E-state index contributed by atoms with van der Waals surface area (Å²) >= 11 is 0. The van der Waals surface area contributed by atoms with Crippen molar-refractivity contribution >= 4 is 9.84 Å². The van der Waals surface area contributed by atoms with E-state index in [0.717, 1.165) is 6.26 Å². The molecule has 0 aliphatic heterocycles. The maximum atomic E-state index is 12.0. The van der Waals surface area contributed by atoms with Crippen molar-refractivity contribution in [1.82, 2.24) is 4.90 Å². The Labute approximate surface area is 82.4 Å². The molecule has 0 amide bonds. The molecule has 0 saturated carbocycles. The highest BCUT2D eigenvalue weighted by molar-refractivity contribution is 7.90. The van der Waals surface area contributed by atoms with E-state index in [-0.39, 0.29) is 25.4 Å². The van der Waals surface area contributed by atoms with Crippen LogP contribution in [0.15, 0.2) is 0 Å². The molecular formula is C7H15F2NO3S. The Balaban J connectivity index is 3.96. The highest BCUT2D eigenvalue weighted by atomic mass is 32.2. The molecule has 0 aromatic rings. The lowest BCUT2D eigenvalue weighted by atomic mass is 10.5. The molecule has 0 spiro atoms. The van der Waals surface area contributed by atoms with Gasteiger partial charge in [0.2, 0.25) is 0 Å². The predicted octanol–water partition coefficient (Wildman–Crippen LogP) is -0.410. The minimum absolute atomic E-state index is 0.0315. The van der Waals surface area contributed by atoms with Crippen molar-refractivity contribution in [3.8, 4) is 0 Å². The van der Waals surface area contributed by atoms with Gasteiger partial charge >= 0.3 is 0 Å². The SMILES string of the molecule is CS(=O)(=O)CCN(CCO)CC(F)F. The first-order chi connectivity index (χ1) is 6.35. The first-order valence-corrected chi connectivity index (χ1v) is 6.20. The zero-order chi connectivity index (χ0) is 11.2. The van der Waals surface area contributed by atoms with Crippen molar-refractivity contribution in [3.63, 3.8) is 0 Å². The average molecular weight is 231 g/mol. The van der Waals surface area contributed by atoms with Crippen LogP contribution in [0.1, 0.15) is 0 Å². The van der Waals surface area contributed by atoms with Gasteiger partial charge in [0, 0.05) is 19.3 Å². The maximum absolute atomic E-state index is 12.0. The fourth-order valence-corrected chi connectivity index (χ4v) is 1.52. The molecule has 0 radical (unpaired) electrons.